The van der Waals surface area contributed by atoms with Gasteiger partial charge in [0.2, 0.25) is 0 Å². The molecule has 40 heavy (non-hydrogen) atoms. The van der Waals surface area contributed by atoms with Gasteiger partial charge in [-0.05, 0) is 75.2 Å². The molecule has 0 N–H and O–H groups in total. The first kappa shape index (κ1) is 27.9. The van der Waals surface area contributed by atoms with Gasteiger partial charge in [0.25, 0.3) is 11.5 Å². The van der Waals surface area contributed by atoms with Gasteiger partial charge in [-0.15, -0.1) is 0 Å². The smallest absolute Gasteiger partial charge is 0.271 e. The van der Waals surface area contributed by atoms with Crippen molar-refractivity contribution in [2.24, 2.45) is 4.99 Å². The topological polar surface area (TPSA) is 63.9 Å². The van der Waals surface area contributed by atoms with Crippen LogP contribution in [0.15, 0.2) is 81.7 Å². The molecule has 0 radical (unpaired) electrons. The number of likely N-dealkylation sites (N-methyl/N-ethyl adjacent to an activating group) is 1. The number of ether oxygens (including phenoxy) is 1. The summed E-state index contributed by atoms with van der Waals surface area (Å²) in [6.07, 6.45) is 1.87. The molecular weight excluding hydrogens is 542 g/mol. The zero-order valence-corrected chi connectivity index (χ0v) is 24.8. The average Bonchev–Trinajstić information content (AvgIpc) is 3.24. The first-order valence-corrected chi connectivity index (χ1v) is 14.7. The van der Waals surface area contributed by atoms with Crippen LogP contribution in [0, 0.1) is 0 Å². The Kier molecular flexibility index (Phi) is 7.97. The van der Waals surface area contributed by atoms with Gasteiger partial charge in [0.1, 0.15) is 5.75 Å². The van der Waals surface area contributed by atoms with Crippen molar-refractivity contribution in [3.63, 3.8) is 0 Å². The minimum absolute atomic E-state index is 0.0317. The normalized spacial score (nSPS) is 15.4. The van der Waals surface area contributed by atoms with Gasteiger partial charge in [-0.25, -0.2) is 4.99 Å². The summed E-state index contributed by atoms with van der Waals surface area (Å²) in [5.41, 5.74) is 2.55. The Morgan fingerprint density at radius 1 is 1.10 bits per heavy atom. The fraction of sp³-hybridized carbons (Fsp3) is 0.281. The van der Waals surface area contributed by atoms with Crippen LogP contribution in [0.5, 0.6) is 5.75 Å². The van der Waals surface area contributed by atoms with Crippen LogP contribution in [0.1, 0.15) is 51.8 Å². The number of carbonyl (C=O) groups excluding carboxylic acids is 1. The number of aromatic nitrogens is 1. The van der Waals surface area contributed by atoms with E-state index in [4.69, 9.17) is 21.3 Å². The summed E-state index contributed by atoms with van der Waals surface area (Å²) in [6, 6.07) is 18.7. The van der Waals surface area contributed by atoms with E-state index in [9.17, 15) is 9.59 Å². The Hall–Kier alpha value is -3.68. The maximum atomic E-state index is 14.2. The molecule has 0 spiro atoms. The highest BCUT2D eigenvalue weighted by Gasteiger charge is 2.34. The summed E-state index contributed by atoms with van der Waals surface area (Å²) >= 11 is 7.53. The van der Waals surface area contributed by atoms with E-state index in [1.54, 1.807) is 21.6 Å². The molecule has 0 saturated heterocycles. The van der Waals surface area contributed by atoms with Gasteiger partial charge in [0.15, 0.2) is 4.80 Å². The average molecular weight is 574 g/mol. The summed E-state index contributed by atoms with van der Waals surface area (Å²) in [6.45, 7) is 10.8. The fourth-order valence-corrected chi connectivity index (χ4v) is 6.30. The van der Waals surface area contributed by atoms with E-state index in [0.29, 0.717) is 44.5 Å². The second kappa shape index (κ2) is 11.4. The van der Waals surface area contributed by atoms with Gasteiger partial charge in [0.05, 0.1) is 27.9 Å². The summed E-state index contributed by atoms with van der Waals surface area (Å²) in [5, 5.41) is 2.64. The standard InChI is InChI=1S/C32H32ClN3O3S/c1-6-35(7-2)31(38)28-20(5)34-32-36(29(28)22-12-15-23(33)16-13-22)30(37)27(40-32)18-25-24-11-9-8-10-21(24)14-17-26(25)39-19(3)4/h8-19,29H,6-7H2,1-5H3/b27-18+/t29-/m0/s1. The van der Waals surface area contributed by atoms with Crippen LogP contribution in [-0.2, 0) is 4.79 Å². The lowest BCUT2D eigenvalue weighted by atomic mass is 9.94. The highest BCUT2D eigenvalue weighted by atomic mass is 35.5. The Labute approximate surface area is 242 Å². The Balaban J connectivity index is 1.77. The molecule has 0 unspecified atom stereocenters. The lowest BCUT2D eigenvalue weighted by Crippen LogP contribution is -2.43. The molecule has 0 bridgehead atoms. The maximum absolute atomic E-state index is 14.2. The largest absolute Gasteiger partial charge is 0.490 e. The minimum Gasteiger partial charge on any atom is -0.490 e. The quantitative estimate of drug-likeness (QED) is 0.285. The van der Waals surface area contributed by atoms with E-state index < -0.39 is 6.04 Å². The third-order valence-electron chi connectivity index (χ3n) is 7.06. The van der Waals surface area contributed by atoms with Crippen LogP contribution < -0.4 is 19.6 Å². The number of fused-ring (bicyclic) bond motifs is 2. The number of allylic oxidation sites excluding steroid dienone is 1. The molecule has 4 aromatic rings. The first-order chi connectivity index (χ1) is 19.2. The van der Waals surface area contributed by atoms with E-state index >= 15 is 0 Å². The van der Waals surface area contributed by atoms with E-state index in [1.807, 2.05) is 89.2 Å². The molecule has 5 rings (SSSR count). The van der Waals surface area contributed by atoms with E-state index in [2.05, 4.69) is 0 Å². The van der Waals surface area contributed by atoms with Gasteiger partial charge < -0.3 is 9.64 Å². The lowest BCUT2D eigenvalue weighted by Gasteiger charge is -2.29. The van der Waals surface area contributed by atoms with Crippen molar-refractivity contribution in [2.45, 2.75) is 46.8 Å². The monoisotopic (exact) mass is 573 g/mol. The number of amides is 1. The van der Waals surface area contributed by atoms with Crippen LogP contribution in [-0.4, -0.2) is 34.6 Å². The second-order valence-electron chi connectivity index (χ2n) is 9.98. The van der Waals surface area contributed by atoms with Crippen molar-refractivity contribution in [1.29, 1.82) is 0 Å². The summed E-state index contributed by atoms with van der Waals surface area (Å²) in [4.78, 5) is 35.1. The number of rotatable bonds is 7. The molecule has 2 heterocycles. The third-order valence-corrected chi connectivity index (χ3v) is 8.29. The minimum atomic E-state index is -0.623. The van der Waals surface area contributed by atoms with Crippen LogP contribution in [0.4, 0.5) is 0 Å². The highest BCUT2D eigenvalue weighted by molar-refractivity contribution is 7.07. The van der Waals surface area contributed by atoms with Crippen molar-refractivity contribution < 1.29 is 9.53 Å². The molecule has 1 amide bonds. The Morgan fingerprint density at radius 3 is 2.48 bits per heavy atom. The summed E-state index contributed by atoms with van der Waals surface area (Å²) in [7, 11) is 0. The molecule has 1 aromatic heterocycles. The Morgan fingerprint density at radius 2 is 1.80 bits per heavy atom. The number of hydrogen-bond donors (Lipinski definition) is 0. The SMILES string of the molecule is CCN(CC)C(=O)C1=C(C)N=c2s/c(=C/c3c(OC(C)C)ccc4ccccc34)c(=O)n2[C@H]1c1ccc(Cl)cc1. The number of benzene rings is 3. The molecule has 1 aliphatic rings. The zero-order valence-electron chi connectivity index (χ0n) is 23.3. The highest BCUT2D eigenvalue weighted by Crippen LogP contribution is 2.33. The number of nitrogens with zero attached hydrogens (tertiary/aromatic N) is 3. The van der Waals surface area contributed by atoms with Crippen LogP contribution in [0.25, 0.3) is 16.8 Å². The van der Waals surface area contributed by atoms with Crippen molar-refractivity contribution >= 4 is 45.7 Å². The number of hydrogen-bond acceptors (Lipinski definition) is 5. The van der Waals surface area contributed by atoms with Crippen LogP contribution in [0.2, 0.25) is 5.02 Å². The maximum Gasteiger partial charge on any atom is 0.271 e. The van der Waals surface area contributed by atoms with Crippen molar-refractivity contribution in [1.82, 2.24) is 9.47 Å². The van der Waals surface area contributed by atoms with Gasteiger partial charge in [-0.2, -0.15) is 0 Å². The number of halogens is 1. The number of carbonyl (C=O) groups is 1. The molecule has 206 valence electrons. The van der Waals surface area contributed by atoms with E-state index in [1.165, 1.54) is 11.3 Å². The van der Waals surface area contributed by atoms with Gasteiger partial charge in [0, 0.05) is 23.7 Å². The summed E-state index contributed by atoms with van der Waals surface area (Å²) in [5.74, 6) is 0.588. The van der Waals surface area contributed by atoms with Crippen molar-refractivity contribution in [2.75, 3.05) is 13.1 Å². The van der Waals surface area contributed by atoms with E-state index in [-0.39, 0.29) is 17.6 Å². The Bertz CT molecular complexity index is 1800. The van der Waals surface area contributed by atoms with Gasteiger partial charge >= 0.3 is 0 Å². The molecule has 1 aliphatic heterocycles. The van der Waals surface area contributed by atoms with Gasteiger partial charge in [-0.1, -0.05) is 65.4 Å². The molecule has 0 aliphatic carbocycles. The predicted molar refractivity (Wildman–Crippen MR) is 163 cm³/mol. The summed E-state index contributed by atoms with van der Waals surface area (Å²) < 4.78 is 8.33. The zero-order chi connectivity index (χ0) is 28.6. The third kappa shape index (κ3) is 5.11. The predicted octanol–water partition coefficient (Wildman–Crippen LogP) is 5.70. The lowest BCUT2D eigenvalue weighted by molar-refractivity contribution is -0.127. The van der Waals surface area contributed by atoms with E-state index in [0.717, 1.165) is 21.9 Å². The molecule has 0 saturated carbocycles. The molecule has 3 aromatic carbocycles. The van der Waals surface area contributed by atoms with Crippen LogP contribution >= 0.6 is 22.9 Å². The molecule has 8 heteroatoms. The first-order valence-electron chi connectivity index (χ1n) is 13.5. The van der Waals surface area contributed by atoms with Crippen LogP contribution in [0.3, 0.4) is 0 Å². The molecular formula is C32H32ClN3O3S. The van der Waals surface area contributed by atoms with Crippen molar-refractivity contribution in [3.8, 4) is 5.75 Å². The van der Waals surface area contributed by atoms with Crippen molar-refractivity contribution in [3.05, 3.63) is 108 Å². The van der Waals surface area contributed by atoms with Gasteiger partial charge in [-0.3, -0.25) is 14.2 Å². The molecule has 0 fully saturated rings. The number of thiazole rings is 1. The molecule has 6 nitrogen and oxygen atoms in total. The second-order valence-corrected chi connectivity index (χ2v) is 11.4. The fourth-order valence-electron chi connectivity index (χ4n) is 5.15. The molecule has 1 atom stereocenters.